The summed E-state index contributed by atoms with van der Waals surface area (Å²) in [5.41, 5.74) is 0.753. The molecule has 0 saturated carbocycles. The third-order valence-corrected chi connectivity index (χ3v) is 4.53. The van der Waals surface area contributed by atoms with Crippen LogP contribution in [0.5, 0.6) is 0 Å². The minimum Gasteiger partial charge on any atom is -0.302 e. The van der Waals surface area contributed by atoms with E-state index in [-0.39, 0.29) is 5.41 Å². The van der Waals surface area contributed by atoms with E-state index in [9.17, 15) is 4.79 Å². The number of benzene rings is 1. The van der Waals surface area contributed by atoms with Crippen molar-refractivity contribution >= 4 is 6.29 Å². The van der Waals surface area contributed by atoms with E-state index in [0.29, 0.717) is 0 Å². The average molecular weight is 259 g/mol. The summed E-state index contributed by atoms with van der Waals surface area (Å²) in [6.45, 7) is 7.45. The lowest BCUT2D eigenvalue weighted by Crippen LogP contribution is -2.43. The molecule has 104 valence electrons. The second-order valence-electron chi connectivity index (χ2n) is 6.03. The van der Waals surface area contributed by atoms with Gasteiger partial charge < -0.3 is 9.69 Å². The fourth-order valence-corrected chi connectivity index (χ4v) is 3.03. The van der Waals surface area contributed by atoms with Crippen LogP contribution in [0.3, 0.4) is 0 Å². The molecule has 0 amide bonds. The molecule has 0 radical (unpaired) electrons. The summed E-state index contributed by atoms with van der Waals surface area (Å²) >= 11 is 0. The topological polar surface area (TPSA) is 20.3 Å². The largest absolute Gasteiger partial charge is 0.302 e. The second kappa shape index (κ2) is 6.33. The fourth-order valence-electron chi connectivity index (χ4n) is 3.03. The van der Waals surface area contributed by atoms with Crippen LogP contribution in [0.2, 0.25) is 0 Å². The maximum absolute atomic E-state index is 11.6. The summed E-state index contributed by atoms with van der Waals surface area (Å²) in [7, 11) is 0. The van der Waals surface area contributed by atoms with Crippen molar-refractivity contribution in [1.29, 1.82) is 0 Å². The van der Waals surface area contributed by atoms with Gasteiger partial charge in [-0.3, -0.25) is 0 Å². The lowest BCUT2D eigenvalue weighted by atomic mass is 9.82. The molecule has 1 aromatic rings. The number of nitrogens with zero attached hydrogens (tertiary/aromatic N) is 1. The summed E-state index contributed by atoms with van der Waals surface area (Å²) in [6, 6.07) is 10.2. The number of rotatable bonds is 5. The molecule has 1 aliphatic heterocycles. The average Bonchev–Trinajstić information content (AvgIpc) is 2.49. The standard InChI is InChI=1S/C17H25NO/c1-3-15-9-11-18(12-10-15)13-17(2,14-19)16-7-5-4-6-8-16/h4-8,14-15H,3,9-13H2,1-2H3. The minimum atomic E-state index is -0.375. The quantitative estimate of drug-likeness (QED) is 0.756. The molecule has 1 fully saturated rings. The van der Waals surface area contributed by atoms with Gasteiger partial charge in [0.15, 0.2) is 0 Å². The minimum absolute atomic E-state index is 0.375. The lowest BCUT2D eigenvalue weighted by Gasteiger charge is -2.36. The van der Waals surface area contributed by atoms with Crippen LogP contribution < -0.4 is 0 Å². The first kappa shape index (κ1) is 14.3. The first-order valence-corrected chi connectivity index (χ1v) is 7.42. The molecule has 0 aromatic heterocycles. The van der Waals surface area contributed by atoms with Crippen LogP contribution in [0.15, 0.2) is 30.3 Å². The maximum Gasteiger partial charge on any atom is 0.131 e. The second-order valence-corrected chi connectivity index (χ2v) is 6.03. The monoisotopic (exact) mass is 259 g/mol. The van der Waals surface area contributed by atoms with Crippen molar-refractivity contribution in [1.82, 2.24) is 4.90 Å². The highest BCUT2D eigenvalue weighted by atomic mass is 16.1. The van der Waals surface area contributed by atoms with Gasteiger partial charge in [0.2, 0.25) is 0 Å². The van der Waals surface area contributed by atoms with Gasteiger partial charge in [0.1, 0.15) is 6.29 Å². The SMILES string of the molecule is CCC1CCN(CC(C)(C=O)c2ccccc2)CC1. The Bertz CT molecular complexity index is 395. The Morgan fingerprint density at radius 1 is 1.26 bits per heavy atom. The Hall–Kier alpha value is -1.15. The van der Waals surface area contributed by atoms with Gasteiger partial charge in [0.25, 0.3) is 0 Å². The molecule has 1 unspecified atom stereocenters. The third kappa shape index (κ3) is 3.44. The van der Waals surface area contributed by atoms with Gasteiger partial charge in [0.05, 0.1) is 5.41 Å². The zero-order chi connectivity index (χ0) is 13.7. The molecule has 1 atom stereocenters. The Labute approximate surface area is 116 Å². The Balaban J connectivity index is 2.02. The van der Waals surface area contributed by atoms with Crippen molar-refractivity contribution in [3.63, 3.8) is 0 Å². The van der Waals surface area contributed by atoms with E-state index in [1.54, 1.807) is 0 Å². The van der Waals surface area contributed by atoms with Gasteiger partial charge in [0, 0.05) is 6.54 Å². The highest BCUT2D eigenvalue weighted by molar-refractivity contribution is 5.68. The van der Waals surface area contributed by atoms with Crippen LogP contribution in [0, 0.1) is 5.92 Å². The summed E-state index contributed by atoms with van der Waals surface area (Å²) < 4.78 is 0. The fraction of sp³-hybridized carbons (Fsp3) is 0.588. The molecule has 19 heavy (non-hydrogen) atoms. The normalized spacial score (nSPS) is 20.9. The van der Waals surface area contributed by atoms with Crippen LogP contribution in [-0.2, 0) is 10.2 Å². The summed E-state index contributed by atoms with van der Waals surface area (Å²) in [4.78, 5) is 14.0. The first-order chi connectivity index (χ1) is 9.18. The Morgan fingerprint density at radius 2 is 1.89 bits per heavy atom. The molecule has 2 heteroatoms. The van der Waals surface area contributed by atoms with E-state index in [2.05, 4.69) is 30.9 Å². The predicted octanol–water partition coefficient (Wildman–Crippen LogP) is 3.27. The van der Waals surface area contributed by atoms with E-state index >= 15 is 0 Å². The summed E-state index contributed by atoms with van der Waals surface area (Å²) in [5.74, 6) is 0.885. The smallest absolute Gasteiger partial charge is 0.131 e. The van der Waals surface area contributed by atoms with Crippen LogP contribution in [-0.4, -0.2) is 30.8 Å². The molecular weight excluding hydrogens is 234 g/mol. The van der Waals surface area contributed by atoms with Crippen molar-refractivity contribution in [3.05, 3.63) is 35.9 Å². The number of hydrogen-bond donors (Lipinski definition) is 0. The van der Waals surface area contributed by atoms with Gasteiger partial charge in [-0.25, -0.2) is 0 Å². The van der Waals surface area contributed by atoms with E-state index in [0.717, 1.165) is 37.4 Å². The third-order valence-electron chi connectivity index (χ3n) is 4.53. The molecule has 2 rings (SSSR count). The van der Waals surface area contributed by atoms with Gasteiger partial charge in [-0.2, -0.15) is 0 Å². The molecule has 1 aromatic carbocycles. The van der Waals surface area contributed by atoms with Crippen molar-refractivity contribution in [3.8, 4) is 0 Å². The van der Waals surface area contributed by atoms with Crippen LogP contribution in [0.25, 0.3) is 0 Å². The Kier molecular flexibility index (Phi) is 4.76. The van der Waals surface area contributed by atoms with Crippen molar-refractivity contribution in [2.24, 2.45) is 5.92 Å². The van der Waals surface area contributed by atoms with Gasteiger partial charge in [-0.15, -0.1) is 0 Å². The van der Waals surface area contributed by atoms with Crippen LogP contribution in [0.1, 0.15) is 38.7 Å². The predicted molar refractivity (Wildman–Crippen MR) is 79.3 cm³/mol. The Morgan fingerprint density at radius 3 is 2.42 bits per heavy atom. The first-order valence-electron chi connectivity index (χ1n) is 7.42. The molecule has 0 N–H and O–H groups in total. The molecule has 1 saturated heterocycles. The van der Waals surface area contributed by atoms with Gasteiger partial charge in [-0.1, -0.05) is 43.7 Å². The van der Waals surface area contributed by atoms with Gasteiger partial charge in [-0.05, 0) is 44.3 Å². The van der Waals surface area contributed by atoms with Crippen molar-refractivity contribution < 1.29 is 4.79 Å². The molecule has 0 aliphatic carbocycles. The number of carbonyl (C=O) groups is 1. The highest BCUT2D eigenvalue weighted by Gasteiger charge is 2.30. The number of hydrogen-bond acceptors (Lipinski definition) is 2. The molecule has 0 bridgehead atoms. The van der Waals surface area contributed by atoms with E-state index in [1.807, 2.05) is 18.2 Å². The van der Waals surface area contributed by atoms with Gasteiger partial charge >= 0.3 is 0 Å². The zero-order valence-electron chi connectivity index (χ0n) is 12.1. The maximum atomic E-state index is 11.6. The van der Waals surface area contributed by atoms with E-state index in [1.165, 1.54) is 19.3 Å². The zero-order valence-corrected chi connectivity index (χ0v) is 12.1. The summed E-state index contributed by atoms with van der Waals surface area (Å²) in [5, 5.41) is 0. The van der Waals surface area contributed by atoms with Crippen molar-refractivity contribution in [2.45, 2.75) is 38.5 Å². The highest BCUT2D eigenvalue weighted by Crippen LogP contribution is 2.26. The number of aldehydes is 1. The summed E-state index contributed by atoms with van der Waals surface area (Å²) in [6.07, 6.45) is 4.96. The molecule has 1 aliphatic rings. The molecule has 2 nitrogen and oxygen atoms in total. The lowest BCUT2D eigenvalue weighted by molar-refractivity contribution is -0.112. The molecule has 0 spiro atoms. The van der Waals surface area contributed by atoms with E-state index < -0.39 is 0 Å². The van der Waals surface area contributed by atoms with Crippen molar-refractivity contribution in [2.75, 3.05) is 19.6 Å². The number of piperidine rings is 1. The number of likely N-dealkylation sites (tertiary alicyclic amines) is 1. The van der Waals surface area contributed by atoms with Crippen LogP contribution in [0.4, 0.5) is 0 Å². The number of carbonyl (C=O) groups excluding carboxylic acids is 1. The molecule has 1 heterocycles. The van der Waals surface area contributed by atoms with Crippen LogP contribution >= 0.6 is 0 Å². The molecular formula is C17H25NO. The van der Waals surface area contributed by atoms with E-state index in [4.69, 9.17) is 0 Å².